The molecule has 1 aromatic carbocycles. The van der Waals surface area contributed by atoms with Gasteiger partial charge in [0.15, 0.2) is 0 Å². The Labute approximate surface area is 121 Å². The van der Waals surface area contributed by atoms with Gasteiger partial charge in [0.05, 0.1) is 31.0 Å². The zero-order valence-corrected chi connectivity index (χ0v) is 12.4. The van der Waals surface area contributed by atoms with Crippen molar-refractivity contribution in [1.82, 2.24) is 4.90 Å². The molecule has 5 heteroatoms. The molecule has 0 aromatic heterocycles. The van der Waals surface area contributed by atoms with Gasteiger partial charge in [-0.25, -0.2) is 0 Å². The third-order valence-electron chi connectivity index (χ3n) is 3.39. The van der Waals surface area contributed by atoms with Crippen LogP contribution in [-0.4, -0.2) is 41.9 Å². The maximum Gasteiger partial charge on any atom is 0.0992 e. The largest absolute Gasteiger partial charge is 0.394 e. The van der Waals surface area contributed by atoms with Crippen molar-refractivity contribution in [3.8, 4) is 6.07 Å². The van der Waals surface area contributed by atoms with Gasteiger partial charge < -0.3 is 9.84 Å². The molecule has 4 nitrogen and oxygen atoms in total. The molecular formula is C14H17BrN2O2. The van der Waals surface area contributed by atoms with E-state index in [1.807, 2.05) is 18.2 Å². The number of aliphatic hydroxyl groups is 1. The van der Waals surface area contributed by atoms with Crippen LogP contribution in [0.4, 0.5) is 0 Å². The van der Waals surface area contributed by atoms with Crippen LogP contribution in [0.25, 0.3) is 0 Å². The van der Waals surface area contributed by atoms with Gasteiger partial charge in [-0.15, -0.1) is 0 Å². The van der Waals surface area contributed by atoms with E-state index >= 15 is 0 Å². The highest BCUT2D eigenvalue weighted by molar-refractivity contribution is 9.10. The standard InChI is InChI=1S/C14H17BrN2O2/c1-10-9-19-13(8-18)7-17(10)6-12-3-2-11(5-16)4-14(12)15/h2-4,10,13,18H,6-9H2,1H3/t10-,13-/m0/s1. The first-order valence-electron chi connectivity index (χ1n) is 6.29. The summed E-state index contributed by atoms with van der Waals surface area (Å²) >= 11 is 3.51. The first-order chi connectivity index (χ1) is 9.13. The van der Waals surface area contributed by atoms with E-state index in [-0.39, 0.29) is 12.7 Å². The van der Waals surface area contributed by atoms with Crippen LogP contribution in [0.3, 0.4) is 0 Å². The van der Waals surface area contributed by atoms with Crippen molar-refractivity contribution in [2.24, 2.45) is 0 Å². The fourth-order valence-corrected chi connectivity index (χ4v) is 2.67. The fourth-order valence-electron chi connectivity index (χ4n) is 2.17. The SMILES string of the molecule is C[C@H]1CO[C@H](CO)CN1Cc1ccc(C#N)cc1Br. The predicted molar refractivity (Wildman–Crippen MR) is 75.6 cm³/mol. The summed E-state index contributed by atoms with van der Waals surface area (Å²) in [6.45, 7) is 4.32. The summed E-state index contributed by atoms with van der Waals surface area (Å²) in [6.07, 6.45) is -0.103. The quantitative estimate of drug-likeness (QED) is 0.922. The second-order valence-corrected chi connectivity index (χ2v) is 5.69. The second kappa shape index (κ2) is 6.49. The van der Waals surface area contributed by atoms with Crippen LogP contribution in [0.15, 0.2) is 22.7 Å². The number of morpholine rings is 1. The fraction of sp³-hybridized carbons (Fsp3) is 0.500. The minimum absolute atomic E-state index is 0.0533. The van der Waals surface area contributed by atoms with E-state index in [4.69, 9.17) is 10.00 Å². The van der Waals surface area contributed by atoms with Gasteiger partial charge in [-0.05, 0) is 24.6 Å². The minimum atomic E-state index is -0.103. The summed E-state index contributed by atoms with van der Waals surface area (Å²) in [5.41, 5.74) is 1.79. The van der Waals surface area contributed by atoms with Crippen molar-refractivity contribution < 1.29 is 9.84 Å². The molecule has 1 saturated heterocycles. The van der Waals surface area contributed by atoms with E-state index in [1.54, 1.807) is 0 Å². The smallest absolute Gasteiger partial charge is 0.0992 e. The lowest BCUT2D eigenvalue weighted by atomic mass is 10.1. The molecule has 1 heterocycles. The van der Waals surface area contributed by atoms with E-state index in [1.165, 1.54) is 0 Å². The molecule has 0 aliphatic carbocycles. The van der Waals surface area contributed by atoms with E-state index in [9.17, 15) is 5.11 Å². The van der Waals surface area contributed by atoms with Crippen molar-refractivity contribution in [3.05, 3.63) is 33.8 Å². The molecule has 1 aliphatic heterocycles. The van der Waals surface area contributed by atoms with Crippen molar-refractivity contribution >= 4 is 15.9 Å². The molecular weight excluding hydrogens is 308 g/mol. The van der Waals surface area contributed by atoms with E-state index < -0.39 is 0 Å². The van der Waals surface area contributed by atoms with Crippen LogP contribution < -0.4 is 0 Å². The molecule has 2 rings (SSSR count). The lowest BCUT2D eigenvalue weighted by Gasteiger charge is -2.37. The highest BCUT2D eigenvalue weighted by atomic mass is 79.9. The maximum atomic E-state index is 9.19. The number of aliphatic hydroxyl groups excluding tert-OH is 1. The van der Waals surface area contributed by atoms with Gasteiger partial charge in [0.2, 0.25) is 0 Å². The number of hydrogen-bond acceptors (Lipinski definition) is 4. The summed E-state index contributed by atoms with van der Waals surface area (Å²) < 4.78 is 6.48. The number of ether oxygens (including phenoxy) is 1. The second-order valence-electron chi connectivity index (χ2n) is 4.83. The van der Waals surface area contributed by atoms with Gasteiger partial charge in [0.25, 0.3) is 0 Å². The van der Waals surface area contributed by atoms with Crippen LogP contribution in [0.1, 0.15) is 18.1 Å². The lowest BCUT2D eigenvalue weighted by molar-refractivity contribution is -0.0806. The number of nitrogens with zero attached hydrogens (tertiary/aromatic N) is 2. The highest BCUT2D eigenvalue weighted by Gasteiger charge is 2.25. The molecule has 2 atom stereocenters. The monoisotopic (exact) mass is 324 g/mol. The summed E-state index contributed by atoms with van der Waals surface area (Å²) in [4.78, 5) is 2.29. The van der Waals surface area contributed by atoms with Crippen molar-refractivity contribution in [2.75, 3.05) is 19.8 Å². The Morgan fingerprint density at radius 3 is 3.00 bits per heavy atom. The maximum absolute atomic E-state index is 9.19. The Kier molecular flexibility index (Phi) is 4.94. The molecule has 0 unspecified atom stereocenters. The normalized spacial score (nSPS) is 24.1. The molecule has 1 fully saturated rings. The van der Waals surface area contributed by atoms with E-state index in [0.29, 0.717) is 18.2 Å². The molecule has 0 bridgehead atoms. The Morgan fingerprint density at radius 2 is 2.37 bits per heavy atom. The van der Waals surface area contributed by atoms with Gasteiger partial charge in [-0.3, -0.25) is 4.90 Å². The Morgan fingerprint density at radius 1 is 1.58 bits per heavy atom. The molecule has 0 radical (unpaired) electrons. The third kappa shape index (κ3) is 3.54. The van der Waals surface area contributed by atoms with Gasteiger partial charge in [-0.1, -0.05) is 22.0 Å². The molecule has 1 aliphatic rings. The molecule has 0 spiro atoms. The molecule has 1 N–H and O–H groups in total. The van der Waals surface area contributed by atoms with Crippen LogP contribution in [0, 0.1) is 11.3 Å². The van der Waals surface area contributed by atoms with Crippen LogP contribution in [-0.2, 0) is 11.3 Å². The minimum Gasteiger partial charge on any atom is -0.394 e. The van der Waals surface area contributed by atoms with E-state index in [0.717, 1.165) is 23.1 Å². The van der Waals surface area contributed by atoms with Crippen molar-refractivity contribution in [2.45, 2.75) is 25.6 Å². The lowest BCUT2D eigenvalue weighted by Crippen LogP contribution is -2.48. The number of halogens is 1. The summed E-state index contributed by atoms with van der Waals surface area (Å²) in [7, 11) is 0. The van der Waals surface area contributed by atoms with Gasteiger partial charge in [0, 0.05) is 23.6 Å². The van der Waals surface area contributed by atoms with Gasteiger partial charge in [0.1, 0.15) is 0 Å². The van der Waals surface area contributed by atoms with E-state index in [2.05, 4.69) is 33.8 Å². The van der Waals surface area contributed by atoms with Gasteiger partial charge >= 0.3 is 0 Å². The molecule has 0 saturated carbocycles. The highest BCUT2D eigenvalue weighted by Crippen LogP contribution is 2.22. The zero-order chi connectivity index (χ0) is 13.8. The van der Waals surface area contributed by atoms with Crippen molar-refractivity contribution in [1.29, 1.82) is 5.26 Å². The first kappa shape index (κ1) is 14.5. The Balaban J connectivity index is 2.09. The zero-order valence-electron chi connectivity index (χ0n) is 10.8. The molecule has 102 valence electrons. The van der Waals surface area contributed by atoms with Crippen LogP contribution >= 0.6 is 15.9 Å². The summed E-state index contributed by atoms with van der Waals surface area (Å²) in [5.74, 6) is 0. The van der Waals surface area contributed by atoms with Crippen LogP contribution in [0.2, 0.25) is 0 Å². The van der Waals surface area contributed by atoms with Crippen molar-refractivity contribution in [3.63, 3.8) is 0 Å². The topological polar surface area (TPSA) is 56.5 Å². The summed E-state index contributed by atoms with van der Waals surface area (Å²) in [5, 5.41) is 18.0. The number of benzene rings is 1. The average molecular weight is 325 g/mol. The summed E-state index contributed by atoms with van der Waals surface area (Å²) in [6, 6.07) is 8.09. The van der Waals surface area contributed by atoms with Crippen LogP contribution in [0.5, 0.6) is 0 Å². The third-order valence-corrected chi connectivity index (χ3v) is 4.13. The van der Waals surface area contributed by atoms with Gasteiger partial charge in [-0.2, -0.15) is 5.26 Å². The molecule has 1 aromatic rings. The molecule has 0 amide bonds. The molecule has 19 heavy (non-hydrogen) atoms. The average Bonchev–Trinajstić information content (AvgIpc) is 2.43. The number of nitriles is 1. The Bertz CT molecular complexity index is 487. The number of hydrogen-bond donors (Lipinski definition) is 1. The first-order valence-corrected chi connectivity index (χ1v) is 7.08. The predicted octanol–water partition coefficient (Wildman–Crippen LogP) is 1.90. The Hall–Kier alpha value is -0.930. The number of rotatable bonds is 3.